The highest BCUT2D eigenvalue weighted by molar-refractivity contribution is 7.88. The highest BCUT2D eigenvalue weighted by atomic mass is 35.5. The molecule has 3 saturated heterocycles. The monoisotopic (exact) mass is 533 g/mol. The standard InChI is InChI=1S/C25H28ClN3O6S/c1-36(31,32)29-8-6-15(7-9-29)14-2-4-16(5-3-14)23-17(26)10-18-19(28-23)11-22(27-18)35-21-13-34-24-20(30)12-33-25(21)24/h2-5,10-11,15,20-21,24-25,27,30H,6-9,12-13H2,1H3/t20-,21-,24-,25-/m1/s1. The maximum absolute atomic E-state index is 11.8. The van der Waals surface area contributed by atoms with Crippen molar-refractivity contribution in [3.05, 3.63) is 47.0 Å². The van der Waals surface area contributed by atoms with E-state index in [4.69, 9.17) is 30.8 Å². The number of rotatable bonds is 5. The lowest BCUT2D eigenvalue weighted by atomic mass is 9.89. The van der Waals surface area contributed by atoms with E-state index in [9.17, 15) is 13.5 Å². The summed E-state index contributed by atoms with van der Waals surface area (Å²) >= 11 is 6.60. The lowest BCUT2D eigenvalue weighted by Crippen LogP contribution is -2.37. The number of hydrogen-bond acceptors (Lipinski definition) is 7. The Morgan fingerprint density at radius 3 is 2.56 bits per heavy atom. The minimum absolute atomic E-state index is 0.251. The van der Waals surface area contributed by atoms with Gasteiger partial charge in [-0.3, -0.25) is 0 Å². The maximum atomic E-state index is 11.8. The number of aliphatic hydroxyl groups excluding tert-OH is 1. The van der Waals surface area contributed by atoms with Gasteiger partial charge in [0.1, 0.15) is 18.3 Å². The first-order valence-electron chi connectivity index (χ1n) is 12.1. The van der Waals surface area contributed by atoms with Gasteiger partial charge in [-0.05, 0) is 30.4 Å². The number of hydrogen-bond donors (Lipinski definition) is 2. The zero-order chi connectivity index (χ0) is 25.0. The third-order valence-electron chi connectivity index (χ3n) is 7.37. The van der Waals surface area contributed by atoms with Crippen LogP contribution in [0.3, 0.4) is 0 Å². The molecule has 11 heteroatoms. The van der Waals surface area contributed by atoms with E-state index in [1.165, 1.54) is 11.8 Å². The molecule has 0 aliphatic carbocycles. The van der Waals surface area contributed by atoms with E-state index < -0.39 is 16.1 Å². The first-order valence-corrected chi connectivity index (χ1v) is 14.3. The first kappa shape index (κ1) is 24.1. The Kier molecular flexibility index (Phi) is 6.22. The lowest BCUT2D eigenvalue weighted by Gasteiger charge is -2.30. The zero-order valence-electron chi connectivity index (χ0n) is 19.8. The summed E-state index contributed by atoms with van der Waals surface area (Å²) in [6.45, 7) is 1.70. The summed E-state index contributed by atoms with van der Waals surface area (Å²) in [7, 11) is -3.13. The van der Waals surface area contributed by atoms with Gasteiger partial charge in [0.25, 0.3) is 0 Å². The van der Waals surface area contributed by atoms with Gasteiger partial charge in [-0.25, -0.2) is 17.7 Å². The fourth-order valence-electron chi connectivity index (χ4n) is 5.41. The quantitative estimate of drug-likeness (QED) is 0.518. The van der Waals surface area contributed by atoms with Crippen molar-refractivity contribution in [3.63, 3.8) is 0 Å². The van der Waals surface area contributed by atoms with Crippen LogP contribution in [0.4, 0.5) is 0 Å². The number of nitrogens with one attached hydrogen (secondary N) is 1. The SMILES string of the molecule is CS(=O)(=O)N1CCC(c2ccc(-c3nc4cc(O[C@@H]5CO[C@H]6[C@@H]5OC[C@H]6O)[nH]c4cc3Cl)cc2)CC1. The van der Waals surface area contributed by atoms with Gasteiger partial charge in [0.05, 0.1) is 41.2 Å². The van der Waals surface area contributed by atoms with Crippen LogP contribution in [0.15, 0.2) is 36.4 Å². The molecule has 0 radical (unpaired) electrons. The largest absolute Gasteiger partial charge is 0.470 e. The maximum Gasteiger partial charge on any atom is 0.211 e. The third-order valence-corrected chi connectivity index (χ3v) is 8.96. The van der Waals surface area contributed by atoms with Crippen molar-refractivity contribution < 1.29 is 27.7 Å². The molecule has 3 aliphatic heterocycles. The molecule has 2 N–H and O–H groups in total. The lowest BCUT2D eigenvalue weighted by molar-refractivity contribution is 0.00794. The van der Waals surface area contributed by atoms with E-state index in [-0.39, 0.29) is 24.9 Å². The molecule has 6 rings (SSSR count). The number of aromatic nitrogens is 2. The minimum Gasteiger partial charge on any atom is -0.470 e. The number of H-pyrrole nitrogens is 1. The van der Waals surface area contributed by atoms with E-state index >= 15 is 0 Å². The average molecular weight is 534 g/mol. The minimum atomic E-state index is -3.13. The van der Waals surface area contributed by atoms with Crippen molar-refractivity contribution >= 4 is 32.7 Å². The number of aliphatic hydroxyl groups is 1. The van der Waals surface area contributed by atoms with Gasteiger partial charge in [0.2, 0.25) is 10.0 Å². The van der Waals surface area contributed by atoms with Crippen LogP contribution in [0, 0.1) is 0 Å². The summed E-state index contributed by atoms with van der Waals surface area (Å²) in [5.41, 5.74) is 4.26. The number of piperidine rings is 1. The molecule has 3 fully saturated rings. The second kappa shape index (κ2) is 9.27. The van der Waals surface area contributed by atoms with Crippen molar-refractivity contribution in [2.45, 2.75) is 43.2 Å². The Balaban J connectivity index is 1.17. The van der Waals surface area contributed by atoms with E-state index in [0.717, 1.165) is 29.4 Å². The average Bonchev–Trinajstić information content (AvgIpc) is 3.55. The van der Waals surface area contributed by atoms with Gasteiger partial charge in [0, 0.05) is 24.7 Å². The molecule has 9 nitrogen and oxygen atoms in total. The molecule has 0 unspecified atom stereocenters. The number of fused-ring (bicyclic) bond motifs is 2. The molecule has 3 aliphatic rings. The molecule has 4 atom stereocenters. The molecule has 0 spiro atoms. The van der Waals surface area contributed by atoms with Crippen LogP contribution in [0.5, 0.6) is 5.88 Å². The molecule has 192 valence electrons. The molecule has 0 amide bonds. The van der Waals surface area contributed by atoms with Gasteiger partial charge in [-0.15, -0.1) is 0 Å². The summed E-state index contributed by atoms with van der Waals surface area (Å²) in [5.74, 6) is 0.872. The Hall–Kier alpha value is -2.21. The van der Waals surface area contributed by atoms with Gasteiger partial charge < -0.3 is 24.3 Å². The summed E-state index contributed by atoms with van der Waals surface area (Å²) in [4.78, 5) is 7.99. The molecule has 1 aromatic carbocycles. The molecule has 0 bridgehead atoms. The summed E-state index contributed by atoms with van der Waals surface area (Å²) in [6.07, 6.45) is 1.29. The Bertz CT molecular complexity index is 1370. The van der Waals surface area contributed by atoms with Crippen LogP contribution in [0.2, 0.25) is 5.02 Å². The Labute approximate surface area is 214 Å². The zero-order valence-corrected chi connectivity index (χ0v) is 21.3. The smallest absolute Gasteiger partial charge is 0.211 e. The van der Waals surface area contributed by atoms with Crippen LogP contribution in [-0.2, 0) is 19.5 Å². The number of ether oxygens (including phenoxy) is 3. The number of aromatic amines is 1. The van der Waals surface area contributed by atoms with E-state index in [1.54, 1.807) is 4.31 Å². The van der Waals surface area contributed by atoms with Crippen molar-refractivity contribution in [1.29, 1.82) is 0 Å². The van der Waals surface area contributed by atoms with Gasteiger partial charge in [0.15, 0.2) is 12.0 Å². The second-order valence-corrected chi connectivity index (χ2v) is 12.2. The van der Waals surface area contributed by atoms with Gasteiger partial charge in [-0.2, -0.15) is 0 Å². The van der Waals surface area contributed by atoms with Crippen LogP contribution < -0.4 is 4.74 Å². The number of benzene rings is 1. The molecular formula is C25H28ClN3O6S. The Morgan fingerprint density at radius 1 is 1.11 bits per heavy atom. The van der Waals surface area contributed by atoms with Crippen molar-refractivity contribution in [1.82, 2.24) is 14.3 Å². The summed E-state index contributed by atoms with van der Waals surface area (Å²) in [5, 5.41) is 10.5. The van der Waals surface area contributed by atoms with Gasteiger partial charge >= 0.3 is 0 Å². The van der Waals surface area contributed by atoms with Crippen LogP contribution in [0.25, 0.3) is 22.3 Å². The predicted octanol–water partition coefficient (Wildman–Crippen LogP) is 2.93. The number of nitrogens with zero attached hydrogens (tertiary/aromatic N) is 2. The van der Waals surface area contributed by atoms with E-state index in [2.05, 4.69) is 17.1 Å². The molecular weight excluding hydrogens is 506 g/mol. The van der Waals surface area contributed by atoms with Crippen LogP contribution in [0.1, 0.15) is 24.3 Å². The van der Waals surface area contributed by atoms with Crippen molar-refractivity contribution in [2.24, 2.45) is 0 Å². The topological polar surface area (TPSA) is 114 Å². The van der Waals surface area contributed by atoms with E-state index in [1.807, 2.05) is 24.3 Å². The summed E-state index contributed by atoms with van der Waals surface area (Å²) in [6, 6.07) is 11.9. The van der Waals surface area contributed by atoms with Gasteiger partial charge in [-0.1, -0.05) is 35.9 Å². The number of halogens is 1. The predicted molar refractivity (Wildman–Crippen MR) is 135 cm³/mol. The molecule has 0 saturated carbocycles. The van der Waals surface area contributed by atoms with Crippen molar-refractivity contribution in [2.75, 3.05) is 32.6 Å². The Morgan fingerprint density at radius 2 is 1.83 bits per heavy atom. The third kappa shape index (κ3) is 4.51. The number of pyridine rings is 1. The highest BCUT2D eigenvalue weighted by Gasteiger charge is 2.48. The number of sulfonamides is 1. The van der Waals surface area contributed by atoms with Crippen LogP contribution >= 0.6 is 11.6 Å². The first-order chi connectivity index (χ1) is 17.3. The van der Waals surface area contributed by atoms with Crippen LogP contribution in [-0.4, -0.2) is 84.8 Å². The summed E-state index contributed by atoms with van der Waals surface area (Å²) < 4.78 is 42.5. The fourth-order valence-corrected chi connectivity index (χ4v) is 6.55. The highest BCUT2D eigenvalue weighted by Crippen LogP contribution is 2.35. The second-order valence-electron chi connectivity index (χ2n) is 9.76. The molecule has 3 aromatic rings. The normalized spacial score (nSPS) is 27.5. The molecule has 5 heterocycles. The molecule has 2 aromatic heterocycles. The van der Waals surface area contributed by atoms with Crippen molar-refractivity contribution in [3.8, 4) is 17.1 Å². The molecule has 36 heavy (non-hydrogen) atoms. The fraction of sp³-hybridized carbons (Fsp3) is 0.480. The van der Waals surface area contributed by atoms with E-state index in [0.29, 0.717) is 42.2 Å².